The van der Waals surface area contributed by atoms with Crippen molar-refractivity contribution in [2.45, 2.75) is 58.3 Å². The van der Waals surface area contributed by atoms with Crippen LogP contribution in [0.25, 0.3) is 0 Å². The Labute approximate surface area is 121 Å². The van der Waals surface area contributed by atoms with E-state index in [9.17, 15) is 9.90 Å². The van der Waals surface area contributed by atoms with Gasteiger partial charge in [-0.2, -0.15) is 0 Å². The van der Waals surface area contributed by atoms with Crippen LogP contribution in [0.2, 0.25) is 0 Å². The first-order valence-electron chi connectivity index (χ1n) is 7.04. The van der Waals surface area contributed by atoms with Crippen molar-refractivity contribution in [2.24, 2.45) is 0 Å². The molecule has 0 saturated heterocycles. The lowest BCUT2D eigenvalue weighted by Gasteiger charge is -2.28. The molecule has 20 heavy (non-hydrogen) atoms. The monoisotopic (exact) mass is 278 g/mol. The van der Waals surface area contributed by atoms with Gasteiger partial charge >= 0.3 is 5.97 Å². The minimum Gasteiger partial charge on any atom is -0.481 e. The number of aliphatic hydroxyl groups excluding tert-OH is 1. The van der Waals surface area contributed by atoms with Gasteiger partial charge in [-0.3, -0.25) is 4.79 Å². The first-order valence-corrected chi connectivity index (χ1v) is 7.04. The maximum atomic E-state index is 10.8. The number of carboxylic acids is 1. The van der Waals surface area contributed by atoms with Crippen molar-refractivity contribution in [2.75, 3.05) is 6.61 Å². The normalized spacial score (nSPS) is 12.5. The van der Waals surface area contributed by atoms with Gasteiger partial charge in [-0.15, -0.1) is 0 Å². The summed E-state index contributed by atoms with van der Waals surface area (Å²) in [5.74, 6) is -0.773. The summed E-state index contributed by atoms with van der Waals surface area (Å²) >= 11 is 0. The van der Waals surface area contributed by atoms with Crippen molar-refractivity contribution >= 4 is 5.97 Å². The minimum atomic E-state index is -0.773. The Morgan fingerprint density at radius 2 is 1.75 bits per heavy atom. The van der Waals surface area contributed by atoms with Crippen LogP contribution in [-0.4, -0.2) is 22.8 Å². The third kappa shape index (κ3) is 4.07. The van der Waals surface area contributed by atoms with E-state index in [4.69, 9.17) is 5.11 Å². The lowest BCUT2D eigenvalue weighted by atomic mass is 9.77. The summed E-state index contributed by atoms with van der Waals surface area (Å²) in [7, 11) is 0. The van der Waals surface area contributed by atoms with Crippen molar-refractivity contribution in [3.05, 3.63) is 34.9 Å². The van der Waals surface area contributed by atoms with Gasteiger partial charge in [0.2, 0.25) is 0 Å². The van der Waals surface area contributed by atoms with E-state index in [-0.39, 0.29) is 23.9 Å². The molecule has 3 heteroatoms. The van der Waals surface area contributed by atoms with Crippen LogP contribution in [0.5, 0.6) is 0 Å². The van der Waals surface area contributed by atoms with Crippen molar-refractivity contribution in [3.8, 4) is 0 Å². The highest BCUT2D eigenvalue weighted by Crippen LogP contribution is 2.32. The number of hydrogen-bond donors (Lipinski definition) is 2. The zero-order valence-electron chi connectivity index (χ0n) is 13.2. The summed E-state index contributed by atoms with van der Waals surface area (Å²) < 4.78 is 0. The van der Waals surface area contributed by atoms with Gasteiger partial charge in [-0.1, -0.05) is 52.8 Å². The van der Waals surface area contributed by atoms with Gasteiger partial charge in [-0.05, 0) is 28.5 Å². The maximum absolute atomic E-state index is 10.8. The molecule has 0 saturated carbocycles. The molecule has 0 atom stereocenters. The van der Waals surface area contributed by atoms with Gasteiger partial charge in [0.15, 0.2) is 0 Å². The standard InChI is InChI=1S/C17H26O3/c1-16(2,3)14-10-13(17(4,5)11-18)8-6-12(14)7-9-15(19)20/h6,8,10,18H,7,9,11H2,1-5H3,(H,19,20). The summed E-state index contributed by atoms with van der Waals surface area (Å²) in [5, 5.41) is 18.4. The second-order valence-electron chi connectivity index (χ2n) is 7.06. The Kier molecular flexibility index (Phi) is 4.98. The highest BCUT2D eigenvalue weighted by atomic mass is 16.4. The molecular formula is C17H26O3. The molecule has 0 spiro atoms. The van der Waals surface area contributed by atoms with Crippen LogP contribution in [0.15, 0.2) is 18.2 Å². The van der Waals surface area contributed by atoms with Gasteiger partial charge in [0.1, 0.15) is 0 Å². The van der Waals surface area contributed by atoms with E-state index >= 15 is 0 Å². The van der Waals surface area contributed by atoms with E-state index in [2.05, 4.69) is 26.8 Å². The van der Waals surface area contributed by atoms with Crippen molar-refractivity contribution in [1.82, 2.24) is 0 Å². The highest BCUT2D eigenvalue weighted by molar-refractivity contribution is 5.67. The van der Waals surface area contributed by atoms with Crippen molar-refractivity contribution in [3.63, 3.8) is 0 Å². The Morgan fingerprint density at radius 1 is 1.15 bits per heavy atom. The molecule has 1 rings (SSSR count). The lowest BCUT2D eigenvalue weighted by Crippen LogP contribution is -2.24. The number of aryl methyl sites for hydroxylation is 1. The van der Waals surface area contributed by atoms with Gasteiger partial charge < -0.3 is 10.2 Å². The number of aliphatic carboxylic acids is 1. The average molecular weight is 278 g/mol. The molecule has 1 aromatic rings. The van der Waals surface area contributed by atoms with E-state index in [1.165, 1.54) is 0 Å². The Morgan fingerprint density at radius 3 is 2.20 bits per heavy atom. The van der Waals surface area contributed by atoms with Crippen molar-refractivity contribution in [1.29, 1.82) is 0 Å². The van der Waals surface area contributed by atoms with Crippen LogP contribution in [0.3, 0.4) is 0 Å². The Hall–Kier alpha value is -1.35. The summed E-state index contributed by atoms with van der Waals surface area (Å²) in [6, 6.07) is 6.13. The fraction of sp³-hybridized carbons (Fsp3) is 0.588. The Balaban J connectivity index is 3.24. The highest BCUT2D eigenvalue weighted by Gasteiger charge is 2.24. The molecule has 0 aliphatic heterocycles. The zero-order chi connectivity index (χ0) is 15.6. The SMILES string of the molecule is CC(C)(C)c1cc(C(C)(C)CO)ccc1CCC(=O)O. The zero-order valence-corrected chi connectivity index (χ0v) is 13.2. The molecule has 1 aromatic carbocycles. The van der Waals surface area contributed by atoms with Gasteiger partial charge in [0.25, 0.3) is 0 Å². The lowest BCUT2D eigenvalue weighted by molar-refractivity contribution is -0.136. The van der Waals surface area contributed by atoms with Crippen LogP contribution in [0, 0.1) is 0 Å². The fourth-order valence-corrected chi connectivity index (χ4v) is 2.25. The second kappa shape index (κ2) is 5.96. The first-order chi connectivity index (χ1) is 9.08. The minimum absolute atomic E-state index is 0.0462. The molecular weight excluding hydrogens is 252 g/mol. The third-order valence-corrected chi connectivity index (χ3v) is 3.70. The molecule has 0 radical (unpaired) electrons. The number of carbonyl (C=O) groups is 1. The third-order valence-electron chi connectivity index (χ3n) is 3.70. The van der Waals surface area contributed by atoms with Gasteiger partial charge in [-0.25, -0.2) is 0 Å². The van der Waals surface area contributed by atoms with Gasteiger partial charge in [0, 0.05) is 11.8 Å². The Bertz CT molecular complexity index is 481. The molecule has 0 heterocycles. The van der Waals surface area contributed by atoms with E-state index in [1.54, 1.807) is 0 Å². The van der Waals surface area contributed by atoms with Crippen LogP contribution in [-0.2, 0) is 22.0 Å². The maximum Gasteiger partial charge on any atom is 0.303 e. The molecule has 0 aliphatic rings. The van der Waals surface area contributed by atoms with Crippen LogP contribution in [0.4, 0.5) is 0 Å². The smallest absolute Gasteiger partial charge is 0.303 e. The summed E-state index contributed by atoms with van der Waals surface area (Å²) in [4.78, 5) is 10.8. The first kappa shape index (κ1) is 16.7. The largest absolute Gasteiger partial charge is 0.481 e. The number of benzene rings is 1. The number of hydrogen-bond acceptors (Lipinski definition) is 2. The predicted octanol–water partition coefficient (Wildman–Crippen LogP) is 3.27. The number of carboxylic acid groups (broad SMARTS) is 1. The molecule has 0 aliphatic carbocycles. The second-order valence-corrected chi connectivity index (χ2v) is 7.06. The average Bonchev–Trinajstić information content (AvgIpc) is 2.34. The van der Waals surface area contributed by atoms with E-state index in [1.807, 2.05) is 26.0 Å². The number of aliphatic hydroxyl groups is 1. The van der Waals surface area contributed by atoms with Crippen LogP contribution >= 0.6 is 0 Å². The van der Waals surface area contributed by atoms with Crippen LogP contribution < -0.4 is 0 Å². The molecule has 0 fully saturated rings. The molecule has 2 N–H and O–H groups in total. The molecule has 0 amide bonds. The fourth-order valence-electron chi connectivity index (χ4n) is 2.25. The summed E-state index contributed by atoms with van der Waals surface area (Å²) in [6.45, 7) is 10.5. The predicted molar refractivity (Wildman–Crippen MR) is 81.2 cm³/mol. The number of rotatable bonds is 5. The molecule has 3 nitrogen and oxygen atoms in total. The molecule has 0 bridgehead atoms. The molecule has 112 valence electrons. The quantitative estimate of drug-likeness (QED) is 0.869. The summed E-state index contributed by atoms with van der Waals surface area (Å²) in [5.41, 5.74) is 3.00. The van der Waals surface area contributed by atoms with Crippen LogP contribution in [0.1, 0.15) is 57.7 Å². The van der Waals surface area contributed by atoms with Gasteiger partial charge in [0.05, 0.1) is 6.61 Å². The topological polar surface area (TPSA) is 57.5 Å². The molecule has 0 unspecified atom stereocenters. The van der Waals surface area contributed by atoms with E-state index in [0.717, 1.165) is 16.7 Å². The van der Waals surface area contributed by atoms with E-state index < -0.39 is 5.97 Å². The summed E-state index contributed by atoms with van der Waals surface area (Å²) in [6.07, 6.45) is 0.688. The molecule has 0 aromatic heterocycles. The van der Waals surface area contributed by atoms with E-state index in [0.29, 0.717) is 6.42 Å². The van der Waals surface area contributed by atoms with Crippen molar-refractivity contribution < 1.29 is 15.0 Å².